The van der Waals surface area contributed by atoms with Crippen molar-refractivity contribution >= 4 is 26.9 Å². The molecule has 0 spiro atoms. The maximum atomic E-state index is 13.5. The van der Waals surface area contributed by atoms with Gasteiger partial charge in [-0.1, -0.05) is 42.5 Å². The zero-order chi connectivity index (χ0) is 23.8. The van der Waals surface area contributed by atoms with E-state index in [1.165, 1.54) is 36.5 Å². The third-order valence-corrected chi connectivity index (χ3v) is 6.97. The van der Waals surface area contributed by atoms with E-state index in [1.54, 1.807) is 30.3 Å². The van der Waals surface area contributed by atoms with E-state index in [0.29, 0.717) is 27.6 Å². The van der Waals surface area contributed by atoms with E-state index < -0.39 is 27.7 Å². The van der Waals surface area contributed by atoms with Gasteiger partial charge < -0.3 is 5.11 Å². The van der Waals surface area contributed by atoms with Crippen molar-refractivity contribution < 1.29 is 31.5 Å². The van der Waals surface area contributed by atoms with Gasteiger partial charge in [-0.3, -0.25) is 4.79 Å². The zero-order valence-corrected chi connectivity index (χ0v) is 17.9. The molecule has 170 valence electrons. The Morgan fingerprint density at radius 2 is 1.61 bits per heavy atom. The van der Waals surface area contributed by atoms with Crippen molar-refractivity contribution in [2.75, 3.05) is 0 Å². The van der Waals surface area contributed by atoms with Crippen molar-refractivity contribution in [2.45, 2.75) is 23.9 Å². The molecule has 0 aliphatic carbocycles. The molecule has 0 amide bonds. The average molecular weight is 473 g/mol. The molecule has 0 unspecified atom stereocenters. The number of carboxylic acids is 1. The standard InChI is InChI=1S/C24H18F3NO4S/c25-24(26,27)19-11-8-16(9-12-19)17-4-3-5-20(14-17)33(31,32)28-15-18(10-13-23(29)30)21-6-1-2-7-22(21)28/h1-9,11-12,14-15H,10,13H2,(H,29,30). The number of aryl methyl sites for hydroxylation is 1. The molecule has 0 atom stereocenters. The number of fused-ring (bicyclic) bond motifs is 1. The fourth-order valence-corrected chi connectivity index (χ4v) is 5.10. The maximum absolute atomic E-state index is 13.5. The second kappa shape index (κ2) is 8.40. The minimum Gasteiger partial charge on any atom is -0.481 e. The van der Waals surface area contributed by atoms with Crippen molar-refractivity contribution in [3.05, 3.63) is 90.1 Å². The second-order valence-electron chi connectivity index (χ2n) is 7.47. The van der Waals surface area contributed by atoms with Crippen LogP contribution in [0.4, 0.5) is 13.2 Å². The van der Waals surface area contributed by atoms with Crippen molar-refractivity contribution in [3.63, 3.8) is 0 Å². The van der Waals surface area contributed by atoms with Crippen molar-refractivity contribution in [2.24, 2.45) is 0 Å². The molecule has 0 radical (unpaired) electrons. The fourth-order valence-electron chi connectivity index (χ4n) is 3.66. The van der Waals surface area contributed by atoms with Gasteiger partial charge in [0.15, 0.2) is 0 Å². The first-order chi connectivity index (χ1) is 15.6. The monoisotopic (exact) mass is 473 g/mol. The number of alkyl halides is 3. The van der Waals surface area contributed by atoms with Crippen LogP contribution in [0.15, 0.2) is 83.9 Å². The lowest BCUT2D eigenvalue weighted by molar-refractivity contribution is -0.138. The second-order valence-corrected chi connectivity index (χ2v) is 9.28. The van der Waals surface area contributed by atoms with E-state index >= 15 is 0 Å². The van der Waals surface area contributed by atoms with E-state index in [4.69, 9.17) is 5.11 Å². The van der Waals surface area contributed by atoms with Crippen LogP contribution < -0.4 is 0 Å². The number of aliphatic carboxylic acids is 1. The Balaban J connectivity index is 1.76. The minimum atomic E-state index is -4.46. The van der Waals surface area contributed by atoms with Crippen molar-refractivity contribution in [1.82, 2.24) is 3.97 Å². The van der Waals surface area contributed by atoms with Crippen LogP contribution in [0, 0.1) is 0 Å². The topological polar surface area (TPSA) is 76.4 Å². The van der Waals surface area contributed by atoms with E-state index in [2.05, 4.69) is 0 Å². The number of rotatable bonds is 6. The molecule has 9 heteroatoms. The quantitative estimate of drug-likeness (QED) is 0.397. The first-order valence-corrected chi connectivity index (χ1v) is 11.4. The van der Waals surface area contributed by atoms with E-state index in [-0.39, 0.29) is 17.7 Å². The normalized spacial score (nSPS) is 12.2. The summed E-state index contributed by atoms with van der Waals surface area (Å²) < 4.78 is 66.6. The van der Waals surface area contributed by atoms with Gasteiger partial charge in [-0.25, -0.2) is 12.4 Å². The van der Waals surface area contributed by atoms with Crippen LogP contribution in [0.5, 0.6) is 0 Å². The Morgan fingerprint density at radius 3 is 2.27 bits per heavy atom. The summed E-state index contributed by atoms with van der Waals surface area (Å²) in [5.74, 6) is -0.987. The minimum absolute atomic E-state index is 0.0366. The predicted molar refractivity (Wildman–Crippen MR) is 117 cm³/mol. The highest BCUT2D eigenvalue weighted by molar-refractivity contribution is 7.90. The number of carboxylic acid groups (broad SMARTS) is 1. The summed E-state index contributed by atoms with van der Waals surface area (Å²) in [6, 6.07) is 17.3. The smallest absolute Gasteiger partial charge is 0.416 e. The Labute approximate surface area is 187 Å². The SMILES string of the molecule is O=C(O)CCc1cn(S(=O)(=O)c2cccc(-c3ccc(C(F)(F)F)cc3)c2)c2ccccc12. The Hall–Kier alpha value is -3.59. The van der Waals surface area contributed by atoms with Crippen LogP contribution in [-0.4, -0.2) is 23.5 Å². The maximum Gasteiger partial charge on any atom is 0.416 e. The van der Waals surface area contributed by atoms with E-state index in [1.807, 2.05) is 0 Å². The van der Waals surface area contributed by atoms with Gasteiger partial charge >= 0.3 is 12.1 Å². The Kier molecular flexibility index (Phi) is 5.75. The van der Waals surface area contributed by atoms with Crippen LogP contribution in [-0.2, 0) is 27.4 Å². The molecule has 0 aliphatic heterocycles. The van der Waals surface area contributed by atoms with Crippen LogP contribution >= 0.6 is 0 Å². The van der Waals surface area contributed by atoms with Crippen LogP contribution in [0.2, 0.25) is 0 Å². The molecule has 0 fully saturated rings. The summed E-state index contributed by atoms with van der Waals surface area (Å²) in [5, 5.41) is 9.64. The molecular formula is C24H18F3NO4S. The number of benzene rings is 3. The molecule has 0 aliphatic rings. The van der Waals surface area contributed by atoms with Gasteiger partial charge in [-0.15, -0.1) is 0 Å². The van der Waals surface area contributed by atoms with E-state index in [9.17, 15) is 26.4 Å². The molecular weight excluding hydrogens is 455 g/mol. The van der Waals surface area contributed by atoms with Gasteiger partial charge in [-0.05, 0) is 53.4 Å². The molecule has 0 saturated heterocycles. The van der Waals surface area contributed by atoms with Crippen molar-refractivity contribution in [3.8, 4) is 11.1 Å². The average Bonchev–Trinajstić information content (AvgIpc) is 3.17. The summed E-state index contributed by atoms with van der Waals surface area (Å²) in [6.07, 6.45) is -3.01. The fraction of sp³-hybridized carbons (Fsp3) is 0.125. The van der Waals surface area contributed by atoms with Gasteiger partial charge in [0.05, 0.1) is 16.0 Å². The number of halogens is 3. The number of aromatic nitrogens is 1. The lowest BCUT2D eigenvalue weighted by Gasteiger charge is -2.11. The lowest BCUT2D eigenvalue weighted by Crippen LogP contribution is -2.12. The number of carbonyl (C=O) groups is 1. The first kappa shape index (κ1) is 22.6. The number of nitrogens with zero attached hydrogens (tertiary/aromatic N) is 1. The predicted octanol–water partition coefficient (Wildman–Crippen LogP) is 5.58. The Bertz CT molecular complexity index is 1440. The van der Waals surface area contributed by atoms with Crippen LogP contribution in [0.1, 0.15) is 17.5 Å². The molecule has 0 bridgehead atoms. The molecule has 0 saturated carbocycles. The molecule has 4 aromatic rings. The zero-order valence-electron chi connectivity index (χ0n) is 17.1. The molecule has 1 N–H and O–H groups in total. The van der Waals surface area contributed by atoms with Gasteiger partial charge in [0.1, 0.15) is 0 Å². The molecule has 4 rings (SSSR count). The van der Waals surface area contributed by atoms with Gasteiger partial charge in [0, 0.05) is 18.0 Å². The molecule has 1 heterocycles. The number of para-hydroxylation sites is 1. The first-order valence-electron chi connectivity index (χ1n) is 9.91. The highest BCUT2D eigenvalue weighted by Crippen LogP contribution is 2.32. The molecule has 1 aromatic heterocycles. The van der Waals surface area contributed by atoms with Gasteiger partial charge in [0.25, 0.3) is 10.0 Å². The number of hydrogen-bond acceptors (Lipinski definition) is 3. The Morgan fingerprint density at radius 1 is 0.909 bits per heavy atom. The van der Waals surface area contributed by atoms with Crippen molar-refractivity contribution in [1.29, 1.82) is 0 Å². The third-order valence-electron chi connectivity index (χ3n) is 5.31. The summed E-state index contributed by atoms with van der Waals surface area (Å²) >= 11 is 0. The largest absolute Gasteiger partial charge is 0.481 e. The summed E-state index contributed by atoms with van der Waals surface area (Å²) in [5.41, 5.74) is 1.11. The van der Waals surface area contributed by atoms with Gasteiger partial charge in [-0.2, -0.15) is 13.2 Å². The molecule has 3 aromatic carbocycles. The summed E-state index contributed by atoms with van der Waals surface area (Å²) in [4.78, 5) is 11.0. The summed E-state index contributed by atoms with van der Waals surface area (Å²) in [7, 11) is -4.06. The lowest BCUT2D eigenvalue weighted by atomic mass is 10.0. The van der Waals surface area contributed by atoms with Crippen LogP contribution in [0.3, 0.4) is 0 Å². The third kappa shape index (κ3) is 4.49. The molecule has 5 nitrogen and oxygen atoms in total. The van der Waals surface area contributed by atoms with E-state index in [0.717, 1.165) is 16.1 Å². The highest BCUT2D eigenvalue weighted by Gasteiger charge is 2.30. The van der Waals surface area contributed by atoms with Crippen LogP contribution in [0.25, 0.3) is 22.0 Å². The number of hydrogen-bond donors (Lipinski definition) is 1. The van der Waals surface area contributed by atoms with Gasteiger partial charge in [0.2, 0.25) is 0 Å². The molecule has 33 heavy (non-hydrogen) atoms. The highest BCUT2D eigenvalue weighted by atomic mass is 32.2. The summed E-state index contributed by atoms with van der Waals surface area (Å²) in [6.45, 7) is 0.